The van der Waals surface area contributed by atoms with Crippen LogP contribution in [-0.4, -0.2) is 90.2 Å². The maximum atomic E-state index is 13.7. The third kappa shape index (κ3) is 6.25. The molecule has 1 unspecified atom stereocenters. The van der Waals surface area contributed by atoms with Crippen LogP contribution in [0.15, 0.2) is 6.07 Å². The number of sulfonamides is 1. The maximum absolute atomic E-state index is 13.7. The lowest BCUT2D eigenvalue weighted by molar-refractivity contribution is -0.144. The average molecular weight is 540 g/mol. The normalized spacial score (nSPS) is 24.4. The van der Waals surface area contributed by atoms with Gasteiger partial charge in [0.1, 0.15) is 11.6 Å². The van der Waals surface area contributed by atoms with Gasteiger partial charge in [0, 0.05) is 67.3 Å². The number of aromatic nitrogens is 2. The summed E-state index contributed by atoms with van der Waals surface area (Å²) in [6.07, 6.45) is 2.27. The van der Waals surface area contributed by atoms with Crippen molar-refractivity contribution in [1.82, 2.24) is 14.3 Å². The first-order valence-corrected chi connectivity index (χ1v) is 15.5. The van der Waals surface area contributed by atoms with Crippen LogP contribution in [0.4, 0.5) is 24.8 Å². The Hall–Kier alpha value is -0.920. The Labute approximate surface area is 208 Å². The minimum Gasteiger partial charge on any atom is -0.358 e. The Bertz CT molecular complexity index is 967. The van der Waals surface area contributed by atoms with Gasteiger partial charge in [-0.05, 0) is 12.8 Å². The molecule has 2 aliphatic heterocycles. The highest BCUT2D eigenvalue weighted by atomic mass is 32.2. The summed E-state index contributed by atoms with van der Waals surface area (Å²) in [5, 5.41) is -0.0573. The van der Waals surface area contributed by atoms with Crippen molar-refractivity contribution < 1.29 is 21.6 Å². The first kappa shape index (κ1) is 26.2. The van der Waals surface area contributed by atoms with Crippen LogP contribution >= 0.6 is 23.5 Å². The van der Waals surface area contributed by atoms with E-state index in [1.165, 1.54) is 17.0 Å². The molecule has 1 aromatic heterocycles. The van der Waals surface area contributed by atoms with Crippen LogP contribution in [0.3, 0.4) is 0 Å². The Kier molecular flexibility index (Phi) is 7.86. The van der Waals surface area contributed by atoms with Crippen LogP contribution in [0, 0.1) is 0 Å². The number of hydrogen-bond donors (Lipinski definition) is 0. The van der Waals surface area contributed by atoms with Crippen LogP contribution in [0.5, 0.6) is 0 Å². The summed E-state index contributed by atoms with van der Waals surface area (Å²) in [4.78, 5) is 11.5. The molecular formula is C21H32F3N5O2S3. The number of hydrogen-bond acceptors (Lipinski definition) is 8. The van der Waals surface area contributed by atoms with Crippen LogP contribution in [0.2, 0.25) is 0 Å². The van der Waals surface area contributed by atoms with Crippen molar-refractivity contribution in [2.75, 3.05) is 67.3 Å². The van der Waals surface area contributed by atoms with Crippen molar-refractivity contribution in [2.45, 2.75) is 48.3 Å². The molecule has 1 atom stereocenters. The van der Waals surface area contributed by atoms with Gasteiger partial charge in [-0.1, -0.05) is 19.3 Å². The van der Waals surface area contributed by atoms with E-state index in [0.29, 0.717) is 44.3 Å². The summed E-state index contributed by atoms with van der Waals surface area (Å²) in [5.74, 6) is 0.934. The van der Waals surface area contributed by atoms with Gasteiger partial charge in [0.2, 0.25) is 15.8 Å². The average Bonchev–Trinajstić information content (AvgIpc) is 2.78. The van der Waals surface area contributed by atoms with Crippen LogP contribution < -0.4 is 9.80 Å². The molecule has 1 spiro atoms. The van der Waals surface area contributed by atoms with Crippen LogP contribution in [0.25, 0.3) is 0 Å². The van der Waals surface area contributed by atoms with Gasteiger partial charge in [-0.25, -0.2) is 22.7 Å². The molecule has 2 saturated heterocycles. The molecule has 0 radical (unpaired) electrons. The number of thioether (sulfide) groups is 2. The van der Waals surface area contributed by atoms with Gasteiger partial charge in [-0.3, -0.25) is 0 Å². The highest BCUT2D eigenvalue weighted by molar-refractivity contribution is 8.00. The van der Waals surface area contributed by atoms with Crippen molar-refractivity contribution in [3.8, 4) is 0 Å². The second-order valence-electron chi connectivity index (χ2n) is 9.41. The van der Waals surface area contributed by atoms with E-state index in [2.05, 4.69) is 9.97 Å². The van der Waals surface area contributed by atoms with Gasteiger partial charge in [-0.2, -0.15) is 36.7 Å². The number of halogens is 3. The molecule has 1 saturated carbocycles. The van der Waals surface area contributed by atoms with E-state index in [9.17, 15) is 21.6 Å². The Balaban J connectivity index is 1.56. The first-order valence-electron chi connectivity index (χ1n) is 11.6. The summed E-state index contributed by atoms with van der Waals surface area (Å²) in [5.41, 5.74) is 0. The molecule has 0 aromatic carbocycles. The Morgan fingerprint density at radius 1 is 1.18 bits per heavy atom. The standard InChI is InChI=1S/C21H32F3N5O2S3/c1-27(13-16-14-29(9-10-32-16)34(2,30)31)17-12-18(26-19(25-17)21(22,23)24)28-8-11-33-20(15-28)6-4-3-5-7-20/h12,16H,3-11,13-15H2,1-2H3. The lowest BCUT2D eigenvalue weighted by atomic mass is 9.87. The smallest absolute Gasteiger partial charge is 0.358 e. The molecular weight excluding hydrogens is 507 g/mol. The molecule has 0 amide bonds. The second kappa shape index (κ2) is 10.2. The third-order valence-electron chi connectivity index (χ3n) is 6.73. The monoisotopic (exact) mass is 539 g/mol. The fourth-order valence-electron chi connectivity index (χ4n) is 4.95. The SMILES string of the molecule is CN(CC1CN(S(C)(=O)=O)CCS1)c1cc(N2CCSC3(CCCCC3)C2)nc(C(F)(F)F)n1. The Morgan fingerprint density at radius 2 is 1.91 bits per heavy atom. The van der Waals surface area contributed by atoms with Crippen molar-refractivity contribution in [2.24, 2.45) is 0 Å². The molecule has 3 fully saturated rings. The van der Waals surface area contributed by atoms with Crippen molar-refractivity contribution >= 4 is 45.2 Å². The third-order valence-corrected chi connectivity index (χ3v) is 10.7. The van der Waals surface area contributed by atoms with Crippen molar-refractivity contribution in [3.05, 3.63) is 11.9 Å². The number of anilines is 2. The quantitative estimate of drug-likeness (QED) is 0.563. The maximum Gasteiger partial charge on any atom is 0.451 e. The number of alkyl halides is 3. The number of rotatable bonds is 5. The summed E-state index contributed by atoms with van der Waals surface area (Å²) in [6, 6.07) is 1.66. The zero-order valence-corrected chi connectivity index (χ0v) is 22.0. The summed E-state index contributed by atoms with van der Waals surface area (Å²) >= 11 is 3.59. The lowest BCUT2D eigenvalue weighted by Crippen LogP contribution is -2.48. The predicted octanol–water partition coefficient (Wildman–Crippen LogP) is 3.56. The van der Waals surface area contributed by atoms with Crippen molar-refractivity contribution in [1.29, 1.82) is 0 Å². The first-order chi connectivity index (χ1) is 16.0. The zero-order valence-electron chi connectivity index (χ0n) is 19.6. The van der Waals surface area contributed by atoms with Crippen LogP contribution in [-0.2, 0) is 16.2 Å². The van der Waals surface area contributed by atoms with Gasteiger partial charge < -0.3 is 9.80 Å². The van der Waals surface area contributed by atoms with E-state index < -0.39 is 22.0 Å². The molecule has 13 heteroatoms. The molecule has 0 N–H and O–H groups in total. The number of nitrogens with zero attached hydrogens (tertiary/aromatic N) is 5. The van der Waals surface area contributed by atoms with Gasteiger partial charge >= 0.3 is 6.18 Å². The van der Waals surface area contributed by atoms with E-state index >= 15 is 0 Å². The van der Waals surface area contributed by atoms with Gasteiger partial charge in [0.15, 0.2) is 0 Å². The molecule has 3 aliphatic rings. The molecule has 3 heterocycles. The molecule has 7 nitrogen and oxygen atoms in total. The molecule has 192 valence electrons. The lowest BCUT2D eigenvalue weighted by Gasteiger charge is -2.45. The predicted molar refractivity (Wildman–Crippen MR) is 133 cm³/mol. The van der Waals surface area contributed by atoms with Gasteiger partial charge in [-0.15, -0.1) is 0 Å². The van der Waals surface area contributed by atoms with Crippen LogP contribution in [0.1, 0.15) is 37.9 Å². The summed E-state index contributed by atoms with van der Waals surface area (Å²) in [7, 11) is -1.59. The van der Waals surface area contributed by atoms with E-state index in [1.807, 2.05) is 16.7 Å². The second-order valence-corrected chi connectivity index (χ2v) is 14.4. The fourth-order valence-corrected chi connectivity index (χ4v) is 8.87. The summed E-state index contributed by atoms with van der Waals surface area (Å²) < 4.78 is 66.6. The molecule has 1 aliphatic carbocycles. The van der Waals surface area contributed by atoms with Gasteiger partial charge in [0.25, 0.3) is 0 Å². The van der Waals surface area contributed by atoms with Gasteiger partial charge in [0.05, 0.1) is 6.26 Å². The summed E-state index contributed by atoms with van der Waals surface area (Å²) in [6.45, 7) is 2.55. The molecule has 4 rings (SSSR count). The zero-order chi connectivity index (χ0) is 24.6. The highest BCUT2D eigenvalue weighted by Crippen LogP contribution is 2.44. The van der Waals surface area contributed by atoms with E-state index in [4.69, 9.17) is 0 Å². The van der Waals surface area contributed by atoms with E-state index in [1.54, 1.807) is 29.8 Å². The topological polar surface area (TPSA) is 69.6 Å². The van der Waals surface area contributed by atoms with E-state index in [-0.39, 0.29) is 15.8 Å². The minimum absolute atomic E-state index is 0.0573. The fraction of sp³-hybridized carbons (Fsp3) is 0.810. The van der Waals surface area contributed by atoms with Crippen molar-refractivity contribution in [3.63, 3.8) is 0 Å². The Morgan fingerprint density at radius 3 is 2.59 bits per heavy atom. The highest BCUT2D eigenvalue weighted by Gasteiger charge is 2.40. The molecule has 34 heavy (non-hydrogen) atoms. The van der Waals surface area contributed by atoms with E-state index in [0.717, 1.165) is 31.4 Å². The minimum atomic E-state index is -4.65. The molecule has 1 aromatic rings. The molecule has 0 bridgehead atoms. The largest absolute Gasteiger partial charge is 0.451 e.